The molecule has 2 aromatic rings. The maximum atomic E-state index is 11.0. The number of aliphatic carboxylic acids is 1. The molecule has 5 nitrogen and oxygen atoms in total. The Kier molecular flexibility index (Phi) is 3.46. The van der Waals surface area contributed by atoms with Gasteiger partial charge in [-0.05, 0) is 42.8 Å². The number of methoxy groups -OCH3 is 1. The van der Waals surface area contributed by atoms with Crippen molar-refractivity contribution in [3.63, 3.8) is 0 Å². The van der Waals surface area contributed by atoms with Gasteiger partial charge in [0.2, 0.25) is 0 Å². The van der Waals surface area contributed by atoms with Crippen molar-refractivity contribution in [2.75, 3.05) is 12.8 Å². The first-order chi connectivity index (χ1) is 9.02. The number of nitrogens with one attached hydrogen (secondary N) is 1. The normalized spacial score (nSPS) is 12.1. The third kappa shape index (κ3) is 2.54. The fourth-order valence-corrected chi connectivity index (χ4v) is 1.90. The van der Waals surface area contributed by atoms with Gasteiger partial charge >= 0.3 is 5.97 Å². The summed E-state index contributed by atoms with van der Waals surface area (Å²) >= 11 is 0. The monoisotopic (exact) mass is 260 g/mol. The van der Waals surface area contributed by atoms with Crippen molar-refractivity contribution < 1.29 is 14.6 Å². The molecule has 0 aliphatic heterocycles. The summed E-state index contributed by atoms with van der Waals surface area (Å²) in [5.74, 6) is -0.377. The van der Waals surface area contributed by atoms with Crippen molar-refractivity contribution in [3.05, 3.63) is 35.9 Å². The van der Waals surface area contributed by atoms with E-state index in [-0.39, 0.29) is 0 Å². The second-order valence-corrected chi connectivity index (χ2v) is 4.34. The minimum atomic E-state index is -0.896. The topological polar surface area (TPSA) is 88.3 Å². The number of ether oxygens (including phenoxy) is 1. The first kappa shape index (κ1) is 13.0. The molecule has 100 valence electrons. The van der Waals surface area contributed by atoms with Crippen molar-refractivity contribution in [3.8, 4) is 17.0 Å². The Hall–Kier alpha value is -2.43. The van der Waals surface area contributed by atoms with Gasteiger partial charge in [0.25, 0.3) is 0 Å². The lowest BCUT2D eigenvalue weighted by atomic mass is 10.0. The van der Waals surface area contributed by atoms with Gasteiger partial charge in [-0.15, -0.1) is 0 Å². The van der Waals surface area contributed by atoms with E-state index >= 15 is 0 Å². The molecule has 4 N–H and O–H groups in total. The number of aromatic nitrogens is 1. The van der Waals surface area contributed by atoms with E-state index in [1.165, 1.54) is 0 Å². The number of hydrogen-bond donors (Lipinski definition) is 3. The number of rotatable bonds is 4. The van der Waals surface area contributed by atoms with Crippen LogP contribution >= 0.6 is 0 Å². The van der Waals surface area contributed by atoms with Crippen molar-refractivity contribution in [1.82, 2.24) is 4.98 Å². The van der Waals surface area contributed by atoms with Crippen LogP contribution in [0.4, 0.5) is 5.82 Å². The van der Waals surface area contributed by atoms with Crippen LogP contribution in [0.1, 0.15) is 18.4 Å². The van der Waals surface area contributed by atoms with Gasteiger partial charge in [-0.3, -0.25) is 4.79 Å². The zero-order chi connectivity index (χ0) is 14.0. The molecule has 1 aromatic heterocycles. The van der Waals surface area contributed by atoms with E-state index < -0.39 is 11.9 Å². The molecule has 1 aromatic carbocycles. The molecule has 0 radical (unpaired) electrons. The number of benzene rings is 1. The number of carboxylic acid groups (broad SMARTS) is 1. The molecule has 5 heteroatoms. The van der Waals surface area contributed by atoms with Crippen molar-refractivity contribution in [1.29, 1.82) is 0 Å². The summed E-state index contributed by atoms with van der Waals surface area (Å²) in [4.78, 5) is 14.0. The summed E-state index contributed by atoms with van der Waals surface area (Å²) in [7, 11) is 1.61. The molecule has 1 unspecified atom stereocenters. The van der Waals surface area contributed by atoms with Crippen molar-refractivity contribution in [2.24, 2.45) is 0 Å². The highest BCUT2D eigenvalue weighted by atomic mass is 16.5. The number of aromatic amines is 1. The predicted molar refractivity (Wildman–Crippen MR) is 73.2 cm³/mol. The third-order valence-corrected chi connectivity index (χ3v) is 3.12. The van der Waals surface area contributed by atoms with Crippen LogP contribution in [-0.2, 0) is 4.79 Å². The number of nitrogen functional groups attached to an aromatic ring is 1. The van der Waals surface area contributed by atoms with Gasteiger partial charge in [0, 0.05) is 11.3 Å². The van der Waals surface area contributed by atoms with Crippen LogP contribution in [0.3, 0.4) is 0 Å². The summed E-state index contributed by atoms with van der Waals surface area (Å²) in [6.07, 6.45) is 0. The fraction of sp³-hybridized carbons (Fsp3) is 0.214. The highest BCUT2D eigenvalue weighted by molar-refractivity contribution is 5.79. The Morgan fingerprint density at radius 1 is 1.37 bits per heavy atom. The standard InChI is InChI=1S/C14H16N2O3/c1-8(14(17)18)11-7-12(16-13(11)15)9-3-5-10(19-2)6-4-9/h3-8,16H,15H2,1-2H3,(H,17,18). The molecule has 0 amide bonds. The van der Waals surface area contributed by atoms with Crippen LogP contribution in [0.25, 0.3) is 11.3 Å². The van der Waals surface area contributed by atoms with Gasteiger partial charge in [-0.1, -0.05) is 0 Å². The Morgan fingerprint density at radius 2 is 2.00 bits per heavy atom. The lowest BCUT2D eigenvalue weighted by Crippen LogP contribution is -2.08. The fourth-order valence-electron chi connectivity index (χ4n) is 1.90. The summed E-state index contributed by atoms with van der Waals surface area (Å²) < 4.78 is 5.09. The maximum Gasteiger partial charge on any atom is 0.310 e. The zero-order valence-electron chi connectivity index (χ0n) is 10.8. The maximum absolute atomic E-state index is 11.0. The molecule has 0 aliphatic carbocycles. The van der Waals surface area contributed by atoms with E-state index in [1.807, 2.05) is 24.3 Å². The molecule has 1 atom stereocenters. The van der Waals surface area contributed by atoms with Gasteiger partial charge in [0.05, 0.1) is 13.0 Å². The Morgan fingerprint density at radius 3 is 2.53 bits per heavy atom. The average molecular weight is 260 g/mol. The van der Waals surface area contributed by atoms with Crippen LogP contribution in [0.2, 0.25) is 0 Å². The SMILES string of the molecule is COc1ccc(-c2cc(C(C)C(=O)O)c(N)[nH]2)cc1. The van der Waals surface area contributed by atoms with E-state index in [2.05, 4.69) is 4.98 Å². The lowest BCUT2D eigenvalue weighted by molar-refractivity contribution is -0.138. The first-order valence-corrected chi connectivity index (χ1v) is 5.88. The van der Waals surface area contributed by atoms with Gasteiger partial charge in [-0.2, -0.15) is 0 Å². The van der Waals surface area contributed by atoms with E-state index in [1.54, 1.807) is 20.1 Å². The molecule has 0 saturated heterocycles. The molecule has 2 rings (SSSR count). The molecule has 0 spiro atoms. The Balaban J connectivity index is 2.35. The lowest BCUT2D eigenvalue weighted by Gasteiger charge is -2.03. The molecular weight excluding hydrogens is 244 g/mol. The number of carbonyl (C=O) groups is 1. The molecule has 0 saturated carbocycles. The summed E-state index contributed by atoms with van der Waals surface area (Å²) in [5.41, 5.74) is 8.15. The van der Waals surface area contributed by atoms with Crippen molar-refractivity contribution in [2.45, 2.75) is 12.8 Å². The second-order valence-electron chi connectivity index (χ2n) is 4.34. The minimum Gasteiger partial charge on any atom is -0.497 e. The minimum absolute atomic E-state index is 0.390. The molecule has 0 aliphatic rings. The van der Waals surface area contributed by atoms with Crippen LogP contribution < -0.4 is 10.5 Å². The zero-order valence-corrected chi connectivity index (χ0v) is 10.8. The molecule has 0 fully saturated rings. The summed E-state index contributed by atoms with van der Waals surface area (Å²) in [6, 6.07) is 9.23. The Labute approximate surface area is 111 Å². The molecule has 0 bridgehead atoms. The highest BCUT2D eigenvalue weighted by Crippen LogP contribution is 2.29. The van der Waals surface area contributed by atoms with E-state index in [0.717, 1.165) is 17.0 Å². The summed E-state index contributed by atoms with van der Waals surface area (Å²) in [6.45, 7) is 1.61. The Bertz CT molecular complexity index is 587. The summed E-state index contributed by atoms with van der Waals surface area (Å²) in [5, 5.41) is 9.02. The van der Waals surface area contributed by atoms with Gasteiger partial charge < -0.3 is 20.6 Å². The number of carboxylic acids is 1. The number of hydrogen-bond acceptors (Lipinski definition) is 3. The van der Waals surface area contributed by atoms with Crippen molar-refractivity contribution >= 4 is 11.8 Å². The van der Waals surface area contributed by atoms with E-state index in [9.17, 15) is 4.79 Å². The molecule has 19 heavy (non-hydrogen) atoms. The van der Waals surface area contributed by atoms with Crippen LogP contribution in [0.5, 0.6) is 5.75 Å². The second kappa shape index (κ2) is 5.06. The third-order valence-electron chi connectivity index (χ3n) is 3.12. The van der Waals surface area contributed by atoms with E-state index in [4.69, 9.17) is 15.6 Å². The van der Waals surface area contributed by atoms with E-state index in [0.29, 0.717) is 11.4 Å². The van der Waals surface area contributed by atoms with Crippen LogP contribution in [0, 0.1) is 0 Å². The number of anilines is 1. The largest absolute Gasteiger partial charge is 0.497 e. The smallest absolute Gasteiger partial charge is 0.310 e. The van der Waals surface area contributed by atoms with Crippen LogP contribution in [-0.4, -0.2) is 23.2 Å². The highest BCUT2D eigenvalue weighted by Gasteiger charge is 2.19. The van der Waals surface area contributed by atoms with Gasteiger partial charge in [0.1, 0.15) is 11.6 Å². The first-order valence-electron chi connectivity index (χ1n) is 5.88. The number of nitrogens with two attached hydrogens (primary N) is 1. The quantitative estimate of drug-likeness (QED) is 0.787. The van der Waals surface area contributed by atoms with Crippen LogP contribution in [0.15, 0.2) is 30.3 Å². The molecular formula is C14H16N2O3. The van der Waals surface area contributed by atoms with Gasteiger partial charge in [0.15, 0.2) is 0 Å². The molecule has 1 heterocycles. The predicted octanol–water partition coefficient (Wildman–Crippen LogP) is 2.46. The van der Waals surface area contributed by atoms with Gasteiger partial charge in [-0.25, -0.2) is 0 Å². The number of H-pyrrole nitrogens is 1. The average Bonchev–Trinajstić information content (AvgIpc) is 2.80.